The summed E-state index contributed by atoms with van der Waals surface area (Å²) in [6.45, 7) is 10.8. The second kappa shape index (κ2) is 5.28. The van der Waals surface area contributed by atoms with Crippen LogP contribution in [-0.4, -0.2) is 18.9 Å². The molecule has 1 unspecified atom stereocenters. The van der Waals surface area contributed by atoms with Crippen LogP contribution in [0.15, 0.2) is 22.7 Å². The second-order valence-corrected chi connectivity index (χ2v) is 7.37. The van der Waals surface area contributed by atoms with Gasteiger partial charge in [0.2, 0.25) is 0 Å². The Hall–Kier alpha value is -0.830. The van der Waals surface area contributed by atoms with Gasteiger partial charge in [0.15, 0.2) is 5.78 Å². The number of hydrogen-bond acceptors (Lipinski definition) is 2. The van der Waals surface area contributed by atoms with E-state index in [-0.39, 0.29) is 5.78 Å². The van der Waals surface area contributed by atoms with Gasteiger partial charge in [0, 0.05) is 28.8 Å². The Morgan fingerprint density at radius 1 is 1.37 bits per heavy atom. The molecule has 1 atom stereocenters. The molecule has 1 aliphatic rings. The Morgan fingerprint density at radius 2 is 2.05 bits per heavy atom. The van der Waals surface area contributed by atoms with Gasteiger partial charge >= 0.3 is 0 Å². The molecule has 0 saturated carbocycles. The van der Waals surface area contributed by atoms with Crippen LogP contribution in [0.3, 0.4) is 0 Å². The van der Waals surface area contributed by atoms with Gasteiger partial charge in [-0.3, -0.25) is 4.79 Å². The van der Waals surface area contributed by atoms with Gasteiger partial charge in [-0.05, 0) is 58.8 Å². The molecule has 0 spiro atoms. The van der Waals surface area contributed by atoms with E-state index >= 15 is 0 Å². The quantitative estimate of drug-likeness (QED) is 0.745. The zero-order chi connectivity index (χ0) is 14.2. The number of Topliss-reactive ketones (excluding diaryl/α,β-unsaturated/α-hetero) is 1. The molecule has 0 aromatic heterocycles. The van der Waals surface area contributed by atoms with Crippen LogP contribution in [-0.2, 0) is 0 Å². The first-order valence-corrected chi connectivity index (χ1v) is 7.64. The highest BCUT2D eigenvalue weighted by atomic mass is 79.9. The van der Waals surface area contributed by atoms with E-state index in [1.165, 1.54) is 12.1 Å². The van der Waals surface area contributed by atoms with Gasteiger partial charge in [-0.2, -0.15) is 0 Å². The van der Waals surface area contributed by atoms with E-state index in [2.05, 4.69) is 53.7 Å². The number of rotatable bonds is 2. The highest BCUT2D eigenvalue weighted by Gasteiger charge is 2.31. The Kier molecular flexibility index (Phi) is 4.05. The van der Waals surface area contributed by atoms with Crippen LogP contribution in [0.2, 0.25) is 0 Å². The van der Waals surface area contributed by atoms with Crippen molar-refractivity contribution in [1.82, 2.24) is 0 Å². The van der Waals surface area contributed by atoms with E-state index in [1.54, 1.807) is 6.92 Å². The number of carbonyl (C=O) groups excluding carboxylic acids is 1. The van der Waals surface area contributed by atoms with Crippen molar-refractivity contribution in [2.75, 3.05) is 18.0 Å². The molecule has 2 nitrogen and oxygen atoms in total. The number of carbonyl (C=O) groups is 1. The lowest BCUT2D eigenvalue weighted by molar-refractivity contribution is 0.101. The van der Waals surface area contributed by atoms with Crippen molar-refractivity contribution in [3.63, 3.8) is 0 Å². The Labute approximate surface area is 124 Å². The predicted molar refractivity (Wildman–Crippen MR) is 83.9 cm³/mol. The number of benzene rings is 1. The van der Waals surface area contributed by atoms with Crippen molar-refractivity contribution in [3.05, 3.63) is 28.2 Å². The van der Waals surface area contributed by atoms with E-state index in [1.807, 2.05) is 6.07 Å². The topological polar surface area (TPSA) is 20.3 Å². The predicted octanol–water partition coefficient (Wildman–Crippen LogP) is 4.52. The second-order valence-electron chi connectivity index (χ2n) is 6.52. The van der Waals surface area contributed by atoms with Gasteiger partial charge in [0.1, 0.15) is 0 Å². The first-order chi connectivity index (χ1) is 8.79. The zero-order valence-corrected chi connectivity index (χ0v) is 13.8. The fourth-order valence-electron chi connectivity index (χ4n) is 2.69. The van der Waals surface area contributed by atoms with Gasteiger partial charge in [-0.1, -0.05) is 20.8 Å². The number of nitrogens with zero attached hydrogens (tertiary/aromatic N) is 1. The van der Waals surface area contributed by atoms with Crippen LogP contribution in [0.25, 0.3) is 0 Å². The minimum atomic E-state index is 0.104. The van der Waals surface area contributed by atoms with Crippen LogP contribution < -0.4 is 4.90 Å². The first-order valence-electron chi connectivity index (χ1n) is 6.84. The van der Waals surface area contributed by atoms with Crippen molar-refractivity contribution in [3.8, 4) is 0 Å². The average Bonchev–Trinajstić information content (AvgIpc) is 2.76. The molecule has 0 bridgehead atoms. The summed E-state index contributed by atoms with van der Waals surface area (Å²) in [5.41, 5.74) is 2.34. The maximum absolute atomic E-state index is 11.4. The minimum Gasteiger partial charge on any atom is -0.371 e. The Bertz CT molecular complexity index is 490. The van der Waals surface area contributed by atoms with Crippen LogP contribution in [0, 0.1) is 11.3 Å². The Balaban J connectivity index is 2.16. The smallest absolute Gasteiger partial charge is 0.160 e. The van der Waals surface area contributed by atoms with Crippen LogP contribution >= 0.6 is 15.9 Å². The summed E-state index contributed by atoms with van der Waals surface area (Å²) in [5, 5.41) is 0. The third-order valence-electron chi connectivity index (χ3n) is 4.11. The molecule has 1 fully saturated rings. The normalized spacial score (nSPS) is 19.8. The molecule has 3 heteroatoms. The molecular formula is C16H22BrNO. The number of anilines is 1. The molecule has 0 aliphatic carbocycles. The third kappa shape index (κ3) is 3.19. The standard InChI is InChI=1S/C16H22BrNO/c1-11(19)14-6-5-13(9-15(14)17)18-8-7-12(10-18)16(2,3)4/h5-6,9,12H,7-8,10H2,1-4H3. The Morgan fingerprint density at radius 3 is 2.53 bits per heavy atom. The lowest BCUT2D eigenvalue weighted by Gasteiger charge is -2.27. The summed E-state index contributed by atoms with van der Waals surface area (Å²) in [4.78, 5) is 13.9. The van der Waals surface area contributed by atoms with Crippen molar-refractivity contribution in [2.24, 2.45) is 11.3 Å². The molecule has 1 aliphatic heterocycles. The van der Waals surface area contributed by atoms with Crippen molar-refractivity contribution < 1.29 is 4.79 Å². The lowest BCUT2D eigenvalue weighted by Crippen LogP contribution is -2.25. The van der Waals surface area contributed by atoms with Crippen molar-refractivity contribution in [1.29, 1.82) is 0 Å². The summed E-state index contributed by atoms with van der Waals surface area (Å²) in [6, 6.07) is 6.06. The number of halogens is 1. The molecule has 0 amide bonds. The monoisotopic (exact) mass is 323 g/mol. The first kappa shape index (κ1) is 14.6. The average molecular weight is 324 g/mol. The minimum absolute atomic E-state index is 0.104. The molecule has 0 radical (unpaired) electrons. The van der Waals surface area contributed by atoms with E-state index in [9.17, 15) is 4.79 Å². The highest BCUT2D eigenvalue weighted by Crippen LogP contribution is 2.36. The van der Waals surface area contributed by atoms with Gasteiger partial charge in [-0.15, -0.1) is 0 Å². The summed E-state index contributed by atoms with van der Waals surface area (Å²) in [7, 11) is 0. The SMILES string of the molecule is CC(=O)c1ccc(N2CCC(C(C)(C)C)C2)cc1Br. The number of hydrogen-bond donors (Lipinski definition) is 0. The molecule has 2 rings (SSSR count). The molecule has 1 aromatic rings. The van der Waals surface area contributed by atoms with Crippen LogP contribution in [0.5, 0.6) is 0 Å². The van der Waals surface area contributed by atoms with E-state index in [4.69, 9.17) is 0 Å². The number of ketones is 1. The van der Waals surface area contributed by atoms with Crippen LogP contribution in [0.4, 0.5) is 5.69 Å². The summed E-state index contributed by atoms with van der Waals surface area (Å²) < 4.78 is 0.900. The third-order valence-corrected chi connectivity index (χ3v) is 4.77. The van der Waals surface area contributed by atoms with E-state index in [0.717, 1.165) is 29.0 Å². The molecule has 104 valence electrons. The maximum atomic E-state index is 11.4. The van der Waals surface area contributed by atoms with E-state index in [0.29, 0.717) is 5.41 Å². The fraction of sp³-hybridized carbons (Fsp3) is 0.562. The van der Waals surface area contributed by atoms with Crippen molar-refractivity contribution >= 4 is 27.4 Å². The van der Waals surface area contributed by atoms with Gasteiger partial charge in [-0.25, -0.2) is 0 Å². The van der Waals surface area contributed by atoms with Gasteiger partial charge in [0.05, 0.1) is 0 Å². The molecule has 0 N–H and O–H groups in total. The molecule has 19 heavy (non-hydrogen) atoms. The molecule has 1 aromatic carbocycles. The van der Waals surface area contributed by atoms with Gasteiger partial charge < -0.3 is 4.90 Å². The highest BCUT2D eigenvalue weighted by molar-refractivity contribution is 9.10. The van der Waals surface area contributed by atoms with Gasteiger partial charge in [0.25, 0.3) is 0 Å². The molecule has 1 heterocycles. The van der Waals surface area contributed by atoms with Crippen LogP contribution in [0.1, 0.15) is 44.5 Å². The maximum Gasteiger partial charge on any atom is 0.160 e. The summed E-state index contributed by atoms with van der Waals surface area (Å²) in [6.07, 6.45) is 1.25. The van der Waals surface area contributed by atoms with Crippen molar-refractivity contribution in [2.45, 2.75) is 34.1 Å². The summed E-state index contributed by atoms with van der Waals surface area (Å²) >= 11 is 3.50. The van der Waals surface area contributed by atoms with E-state index < -0.39 is 0 Å². The lowest BCUT2D eigenvalue weighted by atomic mass is 9.80. The largest absolute Gasteiger partial charge is 0.371 e. The summed E-state index contributed by atoms with van der Waals surface area (Å²) in [5.74, 6) is 0.839. The fourth-order valence-corrected chi connectivity index (χ4v) is 3.33. The zero-order valence-electron chi connectivity index (χ0n) is 12.2. The molecule has 1 saturated heterocycles. The molecular weight excluding hydrogens is 302 g/mol.